The van der Waals surface area contributed by atoms with Crippen molar-refractivity contribution in [3.8, 4) is 0 Å². The Morgan fingerprint density at radius 1 is 1.27 bits per heavy atom. The van der Waals surface area contributed by atoms with E-state index in [1.54, 1.807) is 0 Å². The van der Waals surface area contributed by atoms with Crippen LogP contribution in [0.4, 0.5) is 5.69 Å². The smallest absolute Gasteiger partial charge is 0.274 e. The van der Waals surface area contributed by atoms with Crippen molar-refractivity contribution in [3.05, 3.63) is 28.6 Å². The van der Waals surface area contributed by atoms with Gasteiger partial charge < -0.3 is 0 Å². The van der Waals surface area contributed by atoms with E-state index < -0.39 is 31.4 Å². The zero-order chi connectivity index (χ0) is 16.6. The number of nitrogens with one attached hydrogen (secondary N) is 1. The topological polar surface area (TPSA) is 119 Å². The van der Waals surface area contributed by atoms with Crippen LogP contribution in [0.3, 0.4) is 0 Å². The molecule has 0 bridgehead atoms. The van der Waals surface area contributed by atoms with Gasteiger partial charge in [-0.1, -0.05) is 32.6 Å². The third kappa shape index (κ3) is 5.76. The van der Waals surface area contributed by atoms with Gasteiger partial charge in [0.05, 0.1) is 4.92 Å². The zero-order valence-electron chi connectivity index (χ0n) is 12.3. The highest BCUT2D eigenvalue weighted by molar-refractivity contribution is 7.90. The Kier molecular flexibility index (Phi) is 6.90. The van der Waals surface area contributed by atoms with E-state index in [2.05, 4.69) is 11.9 Å². The lowest BCUT2D eigenvalue weighted by atomic mass is 10.1. The van der Waals surface area contributed by atoms with Gasteiger partial charge in [-0.05, 0) is 6.42 Å². The Morgan fingerprint density at radius 3 is 2.59 bits per heavy atom. The minimum Gasteiger partial charge on any atom is -0.274 e. The molecule has 1 heterocycles. The van der Waals surface area contributed by atoms with Gasteiger partial charge in [-0.2, -0.15) is 0 Å². The van der Waals surface area contributed by atoms with Crippen LogP contribution < -0.4 is 4.72 Å². The van der Waals surface area contributed by atoms with E-state index in [-0.39, 0.29) is 6.42 Å². The van der Waals surface area contributed by atoms with Crippen molar-refractivity contribution in [2.24, 2.45) is 0 Å². The van der Waals surface area contributed by atoms with Crippen LogP contribution >= 0.6 is 0 Å². The van der Waals surface area contributed by atoms with Crippen LogP contribution in [0, 0.1) is 10.1 Å². The number of pyridine rings is 1. The molecular weight excluding hydrogens is 310 g/mol. The monoisotopic (exact) mass is 329 g/mol. The van der Waals surface area contributed by atoms with Gasteiger partial charge in [0.25, 0.3) is 15.7 Å². The van der Waals surface area contributed by atoms with E-state index in [1.807, 2.05) is 4.72 Å². The lowest BCUT2D eigenvalue weighted by Gasteiger charge is -2.06. The van der Waals surface area contributed by atoms with Crippen LogP contribution in [0.25, 0.3) is 0 Å². The van der Waals surface area contributed by atoms with Gasteiger partial charge in [-0.25, -0.2) is 13.1 Å². The molecule has 8 nitrogen and oxygen atoms in total. The molecule has 122 valence electrons. The van der Waals surface area contributed by atoms with Gasteiger partial charge in [0.15, 0.2) is 0 Å². The molecule has 9 heteroatoms. The maximum Gasteiger partial charge on any atom is 0.288 e. The van der Waals surface area contributed by atoms with E-state index in [0.29, 0.717) is 6.42 Å². The van der Waals surface area contributed by atoms with Crippen molar-refractivity contribution in [1.29, 1.82) is 0 Å². The molecule has 1 rings (SSSR count). The molecule has 0 saturated heterocycles. The fraction of sp³-hybridized carbons (Fsp3) is 0.538. The normalized spacial score (nSPS) is 11.1. The molecule has 0 saturated carbocycles. The number of carbonyl (C=O) groups excluding carboxylic acids is 1. The van der Waals surface area contributed by atoms with Gasteiger partial charge in [-0.3, -0.25) is 19.9 Å². The first-order valence-electron chi connectivity index (χ1n) is 7.02. The van der Waals surface area contributed by atoms with Crippen molar-refractivity contribution >= 4 is 21.6 Å². The van der Waals surface area contributed by atoms with Gasteiger partial charge in [0.2, 0.25) is 5.91 Å². The maximum absolute atomic E-state index is 12.0. The highest BCUT2D eigenvalue weighted by atomic mass is 32.2. The Balaban J connectivity index is 2.61. The van der Waals surface area contributed by atoms with E-state index in [4.69, 9.17) is 0 Å². The third-order valence-corrected chi connectivity index (χ3v) is 4.32. The lowest BCUT2D eigenvalue weighted by molar-refractivity contribution is -0.385. The number of nitrogens with zero attached hydrogens (tertiary/aromatic N) is 2. The molecule has 0 aliphatic carbocycles. The summed E-state index contributed by atoms with van der Waals surface area (Å²) in [6.45, 7) is 2.08. The maximum atomic E-state index is 12.0. The molecule has 1 amide bonds. The van der Waals surface area contributed by atoms with Gasteiger partial charge in [-0.15, -0.1) is 0 Å². The molecule has 0 aliphatic rings. The lowest BCUT2D eigenvalue weighted by Crippen LogP contribution is -2.30. The Morgan fingerprint density at radius 2 is 1.95 bits per heavy atom. The van der Waals surface area contributed by atoms with Crippen LogP contribution in [0.1, 0.15) is 45.4 Å². The number of aromatic nitrogens is 1. The molecule has 1 aromatic heterocycles. The van der Waals surface area contributed by atoms with Crippen molar-refractivity contribution in [2.75, 3.05) is 0 Å². The first-order valence-corrected chi connectivity index (χ1v) is 8.50. The average molecular weight is 329 g/mol. The summed E-state index contributed by atoms with van der Waals surface area (Å²) in [5.41, 5.74) is -0.449. The van der Waals surface area contributed by atoms with Gasteiger partial charge >= 0.3 is 0 Å². The fourth-order valence-electron chi connectivity index (χ4n) is 1.80. The summed E-state index contributed by atoms with van der Waals surface area (Å²) in [6, 6.07) is 0.865. The SMILES string of the molecule is CCCCCCCC(=O)NS(=O)(=O)c1cncc([N+](=O)[O-])c1. The highest BCUT2D eigenvalue weighted by Crippen LogP contribution is 2.15. The molecule has 0 aliphatic heterocycles. The Bertz CT molecular complexity index is 630. The van der Waals surface area contributed by atoms with E-state index in [0.717, 1.165) is 44.1 Å². The van der Waals surface area contributed by atoms with E-state index in [9.17, 15) is 23.3 Å². The number of carbonyl (C=O) groups is 1. The van der Waals surface area contributed by atoms with Crippen LogP contribution in [0.2, 0.25) is 0 Å². The average Bonchev–Trinajstić information content (AvgIpc) is 2.46. The molecule has 1 N–H and O–H groups in total. The zero-order valence-corrected chi connectivity index (χ0v) is 13.1. The second-order valence-corrected chi connectivity index (χ2v) is 6.51. The summed E-state index contributed by atoms with van der Waals surface area (Å²) in [7, 11) is -4.13. The number of nitro groups is 1. The minimum atomic E-state index is -4.13. The molecule has 0 fully saturated rings. The quantitative estimate of drug-likeness (QED) is 0.421. The molecule has 0 radical (unpaired) electrons. The van der Waals surface area contributed by atoms with Crippen LogP contribution in [-0.4, -0.2) is 24.2 Å². The van der Waals surface area contributed by atoms with E-state index in [1.165, 1.54) is 0 Å². The number of hydrogen-bond acceptors (Lipinski definition) is 6. The van der Waals surface area contributed by atoms with Crippen LogP contribution in [-0.2, 0) is 14.8 Å². The summed E-state index contributed by atoms with van der Waals surface area (Å²) >= 11 is 0. The second kappa shape index (κ2) is 8.42. The van der Waals surface area contributed by atoms with Crippen molar-refractivity contribution in [3.63, 3.8) is 0 Å². The third-order valence-electron chi connectivity index (χ3n) is 2.98. The van der Waals surface area contributed by atoms with Crippen LogP contribution in [0.5, 0.6) is 0 Å². The molecule has 0 unspecified atom stereocenters. The fourth-order valence-corrected chi connectivity index (χ4v) is 2.80. The largest absolute Gasteiger partial charge is 0.288 e. The molecular formula is C13H19N3O5S. The standard InChI is InChI=1S/C13H19N3O5S/c1-2-3-4-5-6-7-13(17)15-22(20,21)12-8-11(16(18)19)9-14-10-12/h8-10H,2-7H2,1H3,(H,15,17). The van der Waals surface area contributed by atoms with Crippen LogP contribution in [0.15, 0.2) is 23.4 Å². The molecule has 0 spiro atoms. The van der Waals surface area contributed by atoms with Crippen molar-refractivity contribution < 1.29 is 18.1 Å². The van der Waals surface area contributed by atoms with Crippen molar-refractivity contribution in [1.82, 2.24) is 9.71 Å². The summed E-state index contributed by atoms with van der Waals surface area (Å²) in [5, 5.41) is 10.6. The number of rotatable bonds is 9. The van der Waals surface area contributed by atoms with Crippen molar-refractivity contribution in [2.45, 2.75) is 50.3 Å². The highest BCUT2D eigenvalue weighted by Gasteiger charge is 2.20. The summed E-state index contributed by atoms with van der Waals surface area (Å²) in [6.07, 6.45) is 6.64. The van der Waals surface area contributed by atoms with Gasteiger partial charge in [0, 0.05) is 18.7 Å². The first kappa shape index (κ1) is 18.0. The summed E-state index contributed by atoms with van der Waals surface area (Å²) in [5.74, 6) is -0.622. The Hall–Kier alpha value is -2.03. The predicted octanol–water partition coefficient (Wildman–Crippen LogP) is 2.16. The molecule has 0 aromatic carbocycles. The second-order valence-electron chi connectivity index (χ2n) is 4.83. The molecule has 1 aromatic rings. The number of unbranched alkanes of at least 4 members (excludes halogenated alkanes) is 4. The number of sulfonamides is 1. The number of hydrogen-bond donors (Lipinski definition) is 1. The summed E-state index contributed by atoms with van der Waals surface area (Å²) in [4.78, 5) is 24.6. The van der Waals surface area contributed by atoms with Gasteiger partial charge in [0.1, 0.15) is 11.1 Å². The summed E-state index contributed by atoms with van der Waals surface area (Å²) < 4.78 is 25.8. The minimum absolute atomic E-state index is 0.102. The first-order chi connectivity index (χ1) is 10.4. The van der Waals surface area contributed by atoms with E-state index >= 15 is 0 Å². The predicted molar refractivity (Wildman–Crippen MR) is 79.6 cm³/mol. The molecule has 22 heavy (non-hydrogen) atoms. The molecule has 0 atom stereocenters. The Labute approximate surface area is 129 Å². The number of amides is 1.